The van der Waals surface area contributed by atoms with E-state index in [1.807, 2.05) is 35.8 Å². The van der Waals surface area contributed by atoms with E-state index in [2.05, 4.69) is 4.98 Å². The summed E-state index contributed by atoms with van der Waals surface area (Å²) in [5, 5.41) is 0.434. The third kappa shape index (κ3) is 3.11. The lowest BCUT2D eigenvalue weighted by Gasteiger charge is -2.08. The van der Waals surface area contributed by atoms with Gasteiger partial charge >= 0.3 is 5.97 Å². The van der Waals surface area contributed by atoms with E-state index in [4.69, 9.17) is 14.7 Å². The minimum atomic E-state index is -0.382. The number of carbonyl (C=O) groups is 1. The Morgan fingerprint density at radius 1 is 0.969 bits per heavy atom. The topological polar surface area (TPSA) is 91.9 Å². The van der Waals surface area contributed by atoms with Crippen molar-refractivity contribution in [3.63, 3.8) is 0 Å². The lowest BCUT2D eigenvalue weighted by atomic mass is 10.2. The Morgan fingerprint density at radius 3 is 2.38 bits per heavy atom. The number of aromatic nitrogens is 5. The molecule has 0 radical (unpaired) electrons. The van der Waals surface area contributed by atoms with Crippen LogP contribution in [-0.2, 0) is 11.3 Å². The molecule has 0 atom stereocenters. The minimum absolute atomic E-state index is 0.145. The van der Waals surface area contributed by atoms with Crippen molar-refractivity contribution in [3.8, 4) is 5.69 Å². The summed E-state index contributed by atoms with van der Waals surface area (Å²) in [6.45, 7) is 4.66. The van der Waals surface area contributed by atoms with Crippen LogP contribution in [0.25, 0.3) is 38.9 Å². The van der Waals surface area contributed by atoms with Gasteiger partial charge in [0.25, 0.3) is 5.56 Å². The van der Waals surface area contributed by atoms with Crippen molar-refractivity contribution >= 4 is 39.2 Å². The van der Waals surface area contributed by atoms with Crippen LogP contribution in [0.2, 0.25) is 0 Å². The molecule has 0 aliphatic heterocycles. The molecule has 0 N–H and O–H groups in total. The lowest BCUT2D eigenvalue weighted by molar-refractivity contribution is 0.0526. The summed E-state index contributed by atoms with van der Waals surface area (Å²) >= 11 is 0. The van der Waals surface area contributed by atoms with Crippen LogP contribution in [0, 0.1) is 0 Å². The number of rotatable bonds is 5. The van der Waals surface area contributed by atoms with Gasteiger partial charge in [-0.05, 0) is 49.7 Å². The fraction of sp³-hybridized carbons (Fsp3) is 0.208. The van der Waals surface area contributed by atoms with Gasteiger partial charge in [-0.3, -0.25) is 13.9 Å². The second-order valence-corrected chi connectivity index (χ2v) is 7.43. The maximum absolute atomic E-state index is 13.3. The molecule has 0 aliphatic rings. The maximum Gasteiger partial charge on any atom is 0.338 e. The molecule has 5 rings (SSSR count). The number of aryl methyl sites for hydroxylation is 1. The highest BCUT2D eigenvalue weighted by molar-refractivity contribution is 6.05. The van der Waals surface area contributed by atoms with Crippen LogP contribution in [-0.4, -0.2) is 36.7 Å². The zero-order valence-corrected chi connectivity index (χ0v) is 17.8. The molecule has 0 amide bonds. The molecular formula is C24H21N5O3. The monoisotopic (exact) mass is 427 g/mol. The first-order valence-corrected chi connectivity index (χ1v) is 10.6. The van der Waals surface area contributed by atoms with Gasteiger partial charge in [0.2, 0.25) is 0 Å². The average Bonchev–Trinajstić information content (AvgIpc) is 3.13. The molecule has 0 aliphatic carbocycles. The Balaban J connectivity index is 1.82. The Labute approximate surface area is 183 Å². The summed E-state index contributed by atoms with van der Waals surface area (Å²) in [6.07, 6.45) is 2.38. The van der Waals surface area contributed by atoms with E-state index >= 15 is 0 Å². The molecular weight excluding hydrogens is 406 g/mol. The van der Waals surface area contributed by atoms with Crippen LogP contribution in [0.5, 0.6) is 0 Å². The first-order valence-electron chi connectivity index (χ1n) is 10.6. The van der Waals surface area contributed by atoms with Crippen LogP contribution < -0.4 is 5.56 Å². The van der Waals surface area contributed by atoms with Crippen molar-refractivity contribution in [1.82, 2.24) is 24.1 Å². The molecule has 0 bridgehead atoms. The quantitative estimate of drug-likeness (QED) is 0.396. The number of para-hydroxylation sites is 2. The van der Waals surface area contributed by atoms with Crippen LogP contribution >= 0.6 is 0 Å². The summed E-state index contributed by atoms with van der Waals surface area (Å²) in [6, 6.07) is 14.5. The van der Waals surface area contributed by atoms with Crippen LogP contribution in [0.1, 0.15) is 30.6 Å². The van der Waals surface area contributed by atoms with Crippen molar-refractivity contribution < 1.29 is 9.53 Å². The number of fused-ring (bicyclic) bond motifs is 4. The number of hydrogen-bond acceptors (Lipinski definition) is 6. The third-order valence-electron chi connectivity index (χ3n) is 5.33. The Kier molecular flexibility index (Phi) is 4.89. The zero-order chi connectivity index (χ0) is 22.2. The molecule has 0 unspecified atom stereocenters. The first-order chi connectivity index (χ1) is 15.6. The predicted octanol–water partition coefficient (Wildman–Crippen LogP) is 3.87. The van der Waals surface area contributed by atoms with Gasteiger partial charge in [0, 0.05) is 12.2 Å². The van der Waals surface area contributed by atoms with Gasteiger partial charge in [-0.1, -0.05) is 19.1 Å². The molecule has 160 valence electrons. The van der Waals surface area contributed by atoms with E-state index in [1.54, 1.807) is 42.1 Å². The molecule has 0 spiro atoms. The molecule has 0 fully saturated rings. The summed E-state index contributed by atoms with van der Waals surface area (Å²) < 4.78 is 8.49. The van der Waals surface area contributed by atoms with Crippen molar-refractivity contribution in [2.75, 3.05) is 6.61 Å². The van der Waals surface area contributed by atoms with Gasteiger partial charge in [-0.15, -0.1) is 0 Å². The van der Waals surface area contributed by atoms with Crippen LogP contribution in [0.3, 0.4) is 0 Å². The molecule has 5 aromatic rings. The van der Waals surface area contributed by atoms with Gasteiger partial charge < -0.3 is 4.74 Å². The molecule has 2 aromatic carbocycles. The fourth-order valence-electron chi connectivity index (χ4n) is 3.88. The summed E-state index contributed by atoms with van der Waals surface area (Å²) in [7, 11) is 0. The molecule has 32 heavy (non-hydrogen) atoms. The predicted molar refractivity (Wildman–Crippen MR) is 122 cm³/mol. The highest BCUT2D eigenvalue weighted by Gasteiger charge is 2.21. The molecule has 0 saturated heterocycles. The molecule has 3 aromatic heterocycles. The van der Waals surface area contributed by atoms with E-state index in [0.717, 1.165) is 17.6 Å². The van der Waals surface area contributed by atoms with Gasteiger partial charge in [-0.25, -0.2) is 19.7 Å². The Bertz CT molecular complexity index is 1530. The first kappa shape index (κ1) is 19.9. The maximum atomic E-state index is 13.3. The van der Waals surface area contributed by atoms with Crippen molar-refractivity contribution in [2.45, 2.75) is 26.8 Å². The largest absolute Gasteiger partial charge is 0.462 e. The third-order valence-corrected chi connectivity index (χ3v) is 5.33. The highest BCUT2D eigenvalue weighted by Crippen LogP contribution is 2.28. The Morgan fingerprint density at radius 2 is 1.69 bits per heavy atom. The minimum Gasteiger partial charge on any atom is -0.462 e. The van der Waals surface area contributed by atoms with E-state index in [1.165, 1.54) is 0 Å². The summed E-state index contributed by atoms with van der Waals surface area (Å²) in [5.74, 6) is -0.382. The standard InChI is InChI=1S/C24H21N5O3/c1-3-13-28-14-25-21-19(23(28)30)20-22(27-18-8-6-5-7-17(18)26-20)29(21)16-11-9-15(10-12-16)24(31)32-4-2/h5-12,14H,3-4,13H2,1-2H3. The fourth-order valence-corrected chi connectivity index (χ4v) is 3.88. The van der Waals surface area contributed by atoms with Gasteiger partial charge in [-0.2, -0.15) is 0 Å². The van der Waals surface area contributed by atoms with E-state index in [0.29, 0.717) is 46.4 Å². The molecule has 8 nitrogen and oxygen atoms in total. The zero-order valence-electron chi connectivity index (χ0n) is 17.8. The second-order valence-electron chi connectivity index (χ2n) is 7.43. The number of carbonyl (C=O) groups excluding carboxylic acids is 1. The van der Waals surface area contributed by atoms with Crippen molar-refractivity contribution in [1.29, 1.82) is 0 Å². The number of ether oxygens (including phenoxy) is 1. The van der Waals surface area contributed by atoms with Crippen molar-refractivity contribution in [3.05, 3.63) is 70.8 Å². The molecule has 3 heterocycles. The molecule has 8 heteroatoms. The van der Waals surface area contributed by atoms with E-state index in [9.17, 15) is 9.59 Å². The van der Waals surface area contributed by atoms with Gasteiger partial charge in [0.15, 0.2) is 11.3 Å². The average molecular weight is 427 g/mol. The summed E-state index contributed by atoms with van der Waals surface area (Å²) in [5.41, 5.74) is 4.00. The number of esters is 1. The summed E-state index contributed by atoms with van der Waals surface area (Å²) in [4.78, 5) is 39.6. The number of nitrogens with zero attached hydrogens (tertiary/aromatic N) is 5. The molecule has 0 saturated carbocycles. The number of hydrogen-bond donors (Lipinski definition) is 0. The number of benzene rings is 2. The SMILES string of the molecule is CCCn1cnc2c(c1=O)c1nc3ccccc3nc1n2-c1ccc(C(=O)OCC)cc1. The van der Waals surface area contributed by atoms with Crippen molar-refractivity contribution in [2.24, 2.45) is 0 Å². The van der Waals surface area contributed by atoms with Crippen LogP contribution in [0.15, 0.2) is 59.7 Å². The van der Waals surface area contributed by atoms with E-state index < -0.39 is 0 Å². The highest BCUT2D eigenvalue weighted by atomic mass is 16.5. The van der Waals surface area contributed by atoms with Gasteiger partial charge in [0.1, 0.15) is 10.9 Å². The van der Waals surface area contributed by atoms with Gasteiger partial charge in [0.05, 0.1) is 29.5 Å². The van der Waals surface area contributed by atoms with Crippen LogP contribution in [0.4, 0.5) is 0 Å². The second kappa shape index (κ2) is 7.88. The Hall–Kier alpha value is -4.07. The lowest BCUT2D eigenvalue weighted by Crippen LogP contribution is -2.20. The van der Waals surface area contributed by atoms with E-state index in [-0.39, 0.29) is 11.5 Å². The smallest absolute Gasteiger partial charge is 0.338 e. The normalized spacial score (nSPS) is 11.4.